The second-order valence-corrected chi connectivity index (χ2v) is 3.40. The normalized spacial score (nSPS) is 10.1. The summed E-state index contributed by atoms with van der Waals surface area (Å²) in [6, 6.07) is 7.00. The summed E-state index contributed by atoms with van der Waals surface area (Å²) in [5.41, 5.74) is 0.949. The number of aromatic nitrogens is 3. The molecule has 16 heavy (non-hydrogen) atoms. The molecule has 0 fully saturated rings. The third kappa shape index (κ3) is 2.44. The van der Waals surface area contributed by atoms with Gasteiger partial charge < -0.3 is 5.32 Å². The van der Waals surface area contributed by atoms with Crippen LogP contribution in [0.2, 0.25) is 0 Å². The van der Waals surface area contributed by atoms with E-state index in [-0.39, 0.29) is 5.56 Å². The molecular formula is C11H12N4O. The summed E-state index contributed by atoms with van der Waals surface area (Å²) in [6.07, 6.45) is 3.52. The molecule has 0 aromatic carbocycles. The number of rotatable bonds is 3. The Labute approximate surface area is 92.8 Å². The minimum absolute atomic E-state index is 0.119. The van der Waals surface area contributed by atoms with Crippen molar-refractivity contribution in [3.63, 3.8) is 0 Å². The van der Waals surface area contributed by atoms with Crippen LogP contribution in [-0.2, 0) is 13.6 Å². The molecule has 0 atom stereocenters. The molecule has 82 valence electrons. The first kappa shape index (κ1) is 10.4. The fourth-order valence-electron chi connectivity index (χ4n) is 1.29. The Bertz CT molecular complexity index is 521. The highest BCUT2D eigenvalue weighted by atomic mass is 16.1. The van der Waals surface area contributed by atoms with Crippen LogP contribution in [0.4, 0.5) is 5.82 Å². The number of nitrogens with one attached hydrogen (secondary N) is 1. The molecule has 2 aromatic rings. The van der Waals surface area contributed by atoms with Gasteiger partial charge in [0.2, 0.25) is 0 Å². The first-order valence-electron chi connectivity index (χ1n) is 4.93. The molecule has 0 amide bonds. The van der Waals surface area contributed by atoms with Crippen molar-refractivity contribution < 1.29 is 0 Å². The quantitative estimate of drug-likeness (QED) is 0.824. The molecule has 2 rings (SSSR count). The van der Waals surface area contributed by atoms with Crippen LogP contribution in [0.5, 0.6) is 0 Å². The van der Waals surface area contributed by atoms with Crippen LogP contribution < -0.4 is 10.9 Å². The lowest BCUT2D eigenvalue weighted by Gasteiger charge is -2.05. The zero-order valence-electron chi connectivity index (χ0n) is 8.92. The van der Waals surface area contributed by atoms with Crippen molar-refractivity contribution >= 4 is 5.82 Å². The Balaban J connectivity index is 2.05. The Kier molecular flexibility index (Phi) is 2.95. The number of hydrogen-bond acceptors (Lipinski definition) is 4. The van der Waals surface area contributed by atoms with Crippen LogP contribution in [0.25, 0.3) is 0 Å². The Morgan fingerprint density at radius 1 is 1.38 bits per heavy atom. The second-order valence-electron chi connectivity index (χ2n) is 3.40. The first-order chi connectivity index (χ1) is 7.75. The van der Waals surface area contributed by atoms with Gasteiger partial charge in [0.05, 0.1) is 0 Å². The first-order valence-corrected chi connectivity index (χ1v) is 4.93. The predicted octanol–water partition coefficient (Wildman–Crippen LogP) is 0.787. The maximum absolute atomic E-state index is 11.1. The molecule has 1 N–H and O–H groups in total. The van der Waals surface area contributed by atoms with Crippen LogP contribution >= 0.6 is 0 Å². The molecule has 0 spiro atoms. The number of pyridine rings is 1. The second kappa shape index (κ2) is 4.57. The van der Waals surface area contributed by atoms with Gasteiger partial charge in [0.25, 0.3) is 5.56 Å². The summed E-state index contributed by atoms with van der Waals surface area (Å²) in [4.78, 5) is 15.1. The van der Waals surface area contributed by atoms with E-state index < -0.39 is 0 Å². The highest BCUT2D eigenvalue weighted by Gasteiger charge is 1.97. The van der Waals surface area contributed by atoms with E-state index in [9.17, 15) is 4.79 Å². The molecule has 0 radical (unpaired) electrons. The maximum Gasteiger partial charge on any atom is 0.266 e. The fourth-order valence-corrected chi connectivity index (χ4v) is 1.29. The molecule has 0 saturated carbocycles. The summed E-state index contributed by atoms with van der Waals surface area (Å²) in [5.74, 6) is 0.672. The van der Waals surface area contributed by atoms with Crippen molar-refractivity contribution in [2.24, 2.45) is 7.05 Å². The smallest absolute Gasteiger partial charge is 0.266 e. The number of nitrogens with zero attached hydrogens (tertiary/aromatic N) is 3. The van der Waals surface area contributed by atoms with Crippen LogP contribution in [0.15, 0.2) is 41.5 Å². The van der Waals surface area contributed by atoms with Crippen molar-refractivity contribution in [3.8, 4) is 0 Å². The van der Waals surface area contributed by atoms with Crippen molar-refractivity contribution in [2.45, 2.75) is 6.54 Å². The lowest BCUT2D eigenvalue weighted by atomic mass is 10.3. The van der Waals surface area contributed by atoms with Gasteiger partial charge in [-0.3, -0.25) is 9.78 Å². The number of hydrogen-bond donors (Lipinski definition) is 1. The Morgan fingerprint density at radius 2 is 2.25 bits per heavy atom. The summed E-state index contributed by atoms with van der Waals surface area (Å²) in [7, 11) is 1.62. The minimum atomic E-state index is -0.119. The average molecular weight is 216 g/mol. The van der Waals surface area contributed by atoms with Crippen LogP contribution in [-0.4, -0.2) is 14.8 Å². The van der Waals surface area contributed by atoms with Gasteiger partial charge in [0, 0.05) is 32.1 Å². The van der Waals surface area contributed by atoms with Crippen molar-refractivity contribution in [1.82, 2.24) is 14.8 Å². The molecule has 0 aliphatic carbocycles. The summed E-state index contributed by atoms with van der Waals surface area (Å²) >= 11 is 0. The van der Waals surface area contributed by atoms with Crippen LogP contribution in [0, 0.1) is 0 Å². The van der Waals surface area contributed by atoms with Gasteiger partial charge in [0.1, 0.15) is 5.82 Å². The molecule has 5 nitrogen and oxygen atoms in total. The zero-order chi connectivity index (χ0) is 11.4. The zero-order valence-corrected chi connectivity index (χ0v) is 8.92. The molecule has 0 unspecified atom stereocenters. The van der Waals surface area contributed by atoms with E-state index >= 15 is 0 Å². The summed E-state index contributed by atoms with van der Waals surface area (Å²) in [6.45, 7) is 0.638. The van der Waals surface area contributed by atoms with E-state index in [0.29, 0.717) is 12.4 Å². The summed E-state index contributed by atoms with van der Waals surface area (Å²) < 4.78 is 1.30. The molecule has 0 saturated heterocycles. The molecule has 5 heteroatoms. The number of aryl methyl sites for hydroxylation is 1. The van der Waals surface area contributed by atoms with Crippen LogP contribution in [0.3, 0.4) is 0 Å². The average Bonchev–Trinajstić information content (AvgIpc) is 2.32. The van der Waals surface area contributed by atoms with E-state index in [1.807, 2.05) is 12.1 Å². The molecule has 0 bridgehead atoms. The lowest BCUT2D eigenvalue weighted by molar-refractivity contribution is 0.709. The minimum Gasteiger partial charge on any atom is -0.365 e. The highest BCUT2D eigenvalue weighted by molar-refractivity contribution is 5.32. The lowest BCUT2D eigenvalue weighted by Crippen LogP contribution is -2.19. The topological polar surface area (TPSA) is 59.8 Å². The summed E-state index contributed by atoms with van der Waals surface area (Å²) in [5, 5.41) is 7.18. The molecule has 0 aliphatic heterocycles. The van der Waals surface area contributed by atoms with Crippen molar-refractivity contribution in [1.29, 1.82) is 0 Å². The third-order valence-corrected chi connectivity index (χ3v) is 2.16. The molecule has 0 aliphatic rings. The van der Waals surface area contributed by atoms with Gasteiger partial charge in [-0.2, -0.15) is 5.10 Å². The van der Waals surface area contributed by atoms with Gasteiger partial charge in [0.15, 0.2) is 0 Å². The third-order valence-electron chi connectivity index (χ3n) is 2.16. The van der Waals surface area contributed by atoms with Gasteiger partial charge >= 0.3 is 0 Å². The van der Waals surface area contributed by atoms with Crippen molar-refractivity contribution in [2.75, 3.05) is 5.32 Å². The largest absolute Gasteiger partial charge is 0.365 e. The van der Waals surface area contributed by atoms with Gasteiger partial charge in [-0.05, 0) is 17.7 Å². The molecular weight excluding hydrogens is 204 g/mol. The maximum atomic E-state index is 11.1. The van der Waals surface area contributed by atoms with E-state index in [1.165, 1.54) is 10.7 Å². The Morgan fingerprint density at radius 3 is 2.94 bits per heavy atom. The number of anilines is 1. The predicted molar refractivity (Wildman–Crippen MR) is 61.0 cm³/mol. The van der Waals surface area contributed by atoms with E-state index in [4.69, 9.17) is 0 Å². The van der Waals surface area contributed by atoms with Gasteiger partial charge in [-0.15, -0.1) is 0 Å². The monoisotopic (exact) mass is 216 g/mol. The van der Waals surface area contributed by atoms with E-state index in [0.717, 1.165) is 5.56 Å². The van der Waals surface area contributed by atoms with E-state index in [1.54, 1.807) is 25.5 Å². The SMILES string of the molecule is Cn1nc(NCc2cccnc2)ccc1=O. The molecule has 2 aromatic heterocycles. The fraction of sp³-hybridized carbons (Fsp3) is 0.182. The van der Waals surface area contributed by atoms with Crippen LogP contribution in [0.1, 0.15) is 5.56 Å². The molecule has 2 heterocycles. The van der Waals surface area contributed by atoms with Gasteiger partial charge in [-0.25, -0.2) is 4.68 Å². The standard InChI is InChI=1S/C11H12N4O/c1-15-11(16)5-4-10(14-15)13-8-9-3-2-6-12-7-9/h2-7H,8H2,1H3,(H,13,14). The highest BCUT2D eigenvalue weighted by Crippen LogP contribution is 2.02. The Hall–Kier alpha value is -2.17. The van der Waals surface area contributed by atoms with Crippen molar-refractivity contribution in [3.05, 3.63) is 52.6 Å². The van der Waals surface area contributed by atoms with Gasteiger partial charge in [-0.1, -0.05) is 6.07 Å². The van der Waals surface area contributed by atoms with E-state index in [2.05, 4.69) is 15.4 Å².